The SMILES string of the molecule is COc1ccc(N2CC(NC(=O)c3ccc(Cl)cc3)CC2=O)cc1OC. The third kappa shape index (κ3) is 3.75. The molecule has 136 valence electrons. The first-order valence-electron chi connectivity index (χ1n) is 8.10. The average molecular weight is 375 g/mol. The molecule has 1 heterocycles. The molecule has 0 saturated carbocycles. The number of nitrogens with one attached hydrogen (secondary N) is 1. The summed E-state index contributed by atoms with van der Waals surface area (Å²) in [6, 6.07) is 11.7. The van der Waals surface area contributed by atoms with Crippen molar-refractivity contribution in [2.75, 3.05) is 25.7 Å². The van der Waals surface area contributed by atoms with Crippen molar-refractivity contribution in [3.8, 4) is 11.5 Å². The lowest BCUT2D eigenvalue weighted by Gasteiger charge is -2.19. The number of nitrogens with zero attached hydrogens (tertiary/aromatic N) is 1. The van der Waals surface area contributed by atoms with E-state index < -0.39 is 0 Å². The van der Waals surface area contributed by atoms with Crippen LogP contribution in [0.15, 0.2) is 42.5 Å². The highest BCUT2D eigenvalue weighted by Crippen LogP contribution is 2.33. The summed E-state index contributed by atoms with van der Waals surface area (Å²) in [4.78, 5) is 26.3. The number of hydrogen-bond acceptors (Lipinski definition) is 4. The van der Waals surface area contributed by atoms with Gasteiger partial charge in [-0.3, -0.25) is 9.59 Å². The maximum Gasteiger partial charge on any atom is 0.251 e. The van der Waals surface area contributed by atoms with E-state index in [0.717, 1.165) is 0 Å². The number of benzene rings is 2. The van der Waals surface area contributed by atoms with Crippen molar-refractivity contribution >= 4 is 29.1 Å². The topological polar surface area (TPSA) is 67.9 Å². The molecule has 0 aliphatic carbocycles. The molecule has 0 radical (unpaired) electrons. The highest BCUT2D eigenvalue weighted by Gasteiger charge is 2.32. The van der Waals surface area contributed by atoms with Gasteiger partial charge in [-0.15, -0.1) is 0 Å². The van der Waals surface area contributed by atoms with E-state index in [0.29, 0.717) is 34.3 Å². The van der Waals surface area contributed by atoms with Crippen molar-refractivity contribution in [1.82, 2.24) is 5.32 Å². The molecule has 2 amide bonds. The number of amides is 2. The highest BCUT2D eigenvalue weighted by atomic mass is 35.5. The van der Waals surface area contributed by atoms with Gasteiger partial charge in [0, 0.05) is 35.3 Å². The standard InChI is InChI=1S/C19H19ClN2O4/c1-25-16-8-7-15(10-17(16)26-2)22-11-14(9-18(22)23)21-19(24)12-3-5-13(20)6-4-12/h3-8,10,14H,9,11H2,1-2H3,(H,21,24). The highest BCUT2D eigenvalue weighted by molar-refractivity contribution is 6.30. The maximum absolute atomic E-state index is 12.4. The van der Waals surface area contributed by atoms with Crippen molar-refractivity contribution in [1.29, 1.82) is 0 Å². The Morgan fingerprint density at radius 2 is 1.81 bits per heavy atom. The summed E-state index contributed by atoms with van der Waals surface area (Å²) in [5, 5.41) is 3.46. The quantitative estimate of drug-likeness (QED) is 0.873. The van der Waals surface area contributed by atoms with E-state index in [1.165, 1.54) is 0 Å². The molecule has 3 rings (SSSR count). The molecule has 1 saturated heterocycles. The summed E-state index contributed by atoms with van der Waals surface area (Å²) in [5.74, 6) is 0.856. The van der Waals surface area contributed by atoms with Crippen LogP contribution in [0.25, 0.3) is 0 Å². The Kier molecular flexibility index (Phi) is 5.32. The first-order chi connectivity index (χ1) is 12.5. The summed E-state index contributed by atoms with van der Waals surface area (Å²) in [5.41, 5.74) is 1.21. The second-order valence-electron chi connectivity index (χ2n) is 5.93. The number of ether oxygens (including phenoxy) is 2. The van der Waals surface area contributed by atoms with Gasteiger partial charge in [0.05, 0.1) is 20.3 Å². The molecule has 1 atom stereocenters. The molecule has 1 aliphatic heterocycles. The average Bonchev–Trinajstić information content (AvgIpc) is 3.01. The Hall–Kier alpha value is -2.73. The van der Waals surface area contributed by atoms with Crippen LogP contribution in [-0.2, 0) is 4.79 Å². The molecule has 2 aromatic rings. The molecule has 26 heavy (non-hydrogen) atoms. The second-order valence-corrected chi connectivity index (χ2v) is 6.36. The van der Waals surface area contributed by atoms with Gasteiger partial charge in [-0.05, 0) is 36.4 Å². The molecule has 0 spiro atoms. The third-order valence-corrected chi connectivity index (χ3v) is 4.50. The van der Waals surface area contributed by atoms with Crippen molar-refractivity contribution in [3.05, 3.63) is 53.1 Å². The van der Waals surface area contributed by atoms with Crippen LogP contribution in [0.3, 0.4) is 0 Å². The van der Waals surface area contributed by atoms with Crippen LogP contribution in [-0.4, -0.2) is 38.6 Å². The van der Waals surface area contributed by atoms with E-state index >= 15 is 0 Å². The zero-order valence-corrected chi connectivity index (χ0v) is 15.2. The van der Waals surface area contributed by atoms with E-state index in [-0.39, 0.29) is 24.3 Å². The van der Waals surface area contributed by atoms with E-state index in [9.17, 15) is 9.59 Å². The van der Waals surface area contributed by atoms with Crippen LogP contribution < -0.4 is 19.7 Å². The minimum Gasteiger partial charge on any atom is -0.493 e. The van der Waals surface area contributed by atoms with E-state index in [4.69, 9.17) is 21.1 Å². The van der Waals surface area contributed by atoms with Crippen LogP contribution in [0.1, 0.15) is 16.8 Å². The number of carbonyl (C=O) groups excluding carboxylic acids is 2. The summed E-state index contributed by atoms with van der Waals surface area (Å²) >= 11 is 5.84. The van der Waals surface area contributed by atoms with Crippen molar-refractivity contribution < 1.29 is 19.1 Å². The van der Waals surface area contributed by atoms with Gasteiger partial charge in [0.1, 0.15) is 0 Å². The number of halogens is 1. The predicted molar refractivity (Wildman–Crippen MR) is 99.2 cm³/mol. The Morgan fingerprint density at radius 3 is 2.46 bits per heavy atom. The largest absolute Gasteiger partial charge is 0.493 e. The maximum atomic E-state index is 12.4. The number of anilines is 1. The molecule has 1 N–H and O–H groups in total. The molecular weight excluding hydrogens is 356 g/mol. The van der Waals surface area contributed by atoms with Crippen LogP contribution >= 0.6 is 11.6 Å². The Labute approximate surface area is 156 Å². The Bertz CT molecular complexity index is 823. The van der Waals surface area contributed by atoms with Crippen LogP contribution in [0.5, 0.6) is 11.5 Å². The molecule has 1 fully saturated rings. The van der Waals surface area contributed by atoms with Gasteiger partial charge in [-0.25, -0.2) is 0 Å². The van der Waals surface area contributed by atoms with Crippen LogP contribution in [0.4, 0.5) is 5.69 Å². The monoisotopic (exact) mass is 374 g/mol. The smallest absolute Gasteiger partial charge is 0.251 e. The predicted octanol–water partition coefficient (Wildman–Crippen LogP) is 2.89. The lowest BCUT2D eigenvalue weighted by Crippen LogP contribution is -2.37. The van der Waals surface area contributed by atoms with Gasteiger partial charge in [-0.2, -0.15) is 0 Å². The van der Waals surface area contributed by atoms with E-state index in [2.05, 4.69) is 5.32 Å². The molecule has 6 nitrogen and oxygen atoms in total. The van der Waals surface area contributed by atoms with Gasteiger partial charge in [0.15, 0.2) is 11.5 Å². The van der Waals surface area contributed by atoms with Crippen LogP contribution in [0.2, 0.25) is 5.02 Å². The summed E-state index contributed by atoms with van der Waals surface area (Å²) in [7, 11) is 3.10. The van der Waals surface area contributed by atoms with Crippen molar-refractivity contribution in [3.63, 3.8) is 0 Å². The zero-order chi connectivity index (χ0) is 18.7. The molecule has 7 heteroatoms. The summed E-state index contributed by atoms with van der Waals surface area (Å²) in [6.45, 7) is 0.396. The summed E-state index contributed by atoms with van der Waals surface area (Å²) < 4.78 is 10.5. The zero-order valence-electron chi connectivity index (χ0n) is 14.5. The Balaban J connectivity index is 1.70. The fraction of sp³-hybridized carbons (Fsp3) is 0.263. The van der Waals surface area contributed by atoms with Crippen LogP contribution in [0, 0.1) is 0 Å². The fourth-order valence-electron chi connectivity index (χ4n) is 2.92. The lowest BCUT2D eigenvalue weighted by atomic mass is 10.2. The second kappa shape index (κ2) is 7.66. The molecule has 0 bridgehead atoms. The number of carbonyl (C=O) groups is 2. The minimum atomic E-state index is -0.265. The first kappa shape index (κ1) is 18.1. The van der Waals surface area contributed by atoms with Gasteiger partial charge < -0.3 is 19.7 Å². The van der Waals surface area contributed by atoms with Crippen molar-refractivity contribution in [2.24, 2.45) is 0 Å². The van der Waals surface area contributed by atoms with E-state index in [1.807, 2.05) is 0 Å². The number of rotatable bonds is 5. The fourth-order valence-corrected chi connectivity index (χ4v) is 3.04. The lowest BCUT2D eigenvalue weighted by molar-refractivity contribution is -0.117. The molecule has 1 unspecified atom stereocenters. The van der Waals surface area contributed by atoms with E-state index in [1.54, 1.807) is 61.6 Å². The van der Waals surface area contributed by atoms with Gasteiger partial charge in [0.25, 0.3) is 5.91 Å². The molecule has 0 aromatic heterocycles. The minimum absolute atomic E-state index is 0.0568. The first-order valence-corrected chi connectivity index (χ1v) is 8.48. The van der Waals surface area contributed by atoms with Gasteiger partial charge in [0.2, 0.25) is 5.91 Å². The Morgan fingerprint density at radius 1 is 1.12 bits per heavy atom. The normalized spacial score (nSPS) is 16.5. The molecular formula is C19H19ClN2O4. The number of hydrogen-bond donors (Lipinski definition) is 1. The van der Waals surface area contributed by atoms with Gasteiger partial charge in [-0.1, -0.05) is 11.6 Å². The number of methoxy groups -OCH3 is 2. The molecule has 2 aromatic carbocycles. The summed E-state index contributed by atoms with van der Waals surface area (Å²) in [6.07, 6.45) is 0.244. The third-order valence-electron chi connectivity index (χ3n) is 4.25. The molecule has 1 aliphatic rings. The van der Waals surface area contributed by atoms with Crippen molar-refractivity contribution in [2.45, 2.75) is 12.5 Å². The van der Waals surface area contributed by atoms with Gasteiger partial charge >= 0.3 is 0 Å².